The van der Waals surface area contributed by atoms with Gasteiger partial charge >= 0.3 is 0 Å². The van der Waals surface area contributed by atoms with Gasteiger partial charge in [0.05, 0.1) is 0 Å². The second kappa shape index (κ2) is 7.10. The summed E-state index contributed by atoms with van der Waals surface area (Å²) in [6.45, 7) is 6.43. The Morgan fingerprint density at radius 2 is 1.84 bits per heavy atom. The van der Waals surface area contributed by atoms with Gasteiger partial charge in [-0.3, -0.25) is 4.79 Å². The minimum Gasteiger partial charge on any atom is -0.387 e. The first-order chi connectivity index (χ1) is 11.9. The van der Waals surface area contributed by atoms with Crippen LogP contribution in [0.3, 0.4) is 0 Å². The van der Waals surface area contributed by atoms with E-state index in [1.165, 1.54) is 0 Å². The van der Waals surface area contributed by atoms with Gasteiger partial charge in [-0.15, -0.1) is 0 Å². The van der Waals surface area contributed by atoms with Gasteiger partial charge in [-0.2, -0.15) is 0 Å². The molecular weight excluding hydrogens is 320 g/mol. The van der Waals surface area contributed by atoms with Gasteiger partial charge in [0, 0.05) is 42.2 Å². The van der Waals surface area contributed by atoms with Crippen LogP contribution in [-0.4, -0.2) is 55.5 Å². The Balaban J connectivity index is 1.80. The van der Waals surface area contributed by atoms with Gasteiger partial charge in [-0.1, -0.05) is 0 Å². The fourth-order valence-electron chi connectivity index (χ4n) is 3.03. The number of rotatable bonds is 4. The van der Waals surface area contributed by atoms with Crippen LogP contribution in [0.15, 0.2) is 12.1 Å². The van der Waals surface area contributed by atoms with Crippen LogP contribution in [0.1, 0.15) is 35.2 Å². The number of anilines is 2. The van der Waals surface area contributed by atoms with Crippen molar-refractivity contribution in [3.05, 3.63) is 35.0 Å². The molecule has 3 heterocycles. The van der Waals surface area contributed by atoms with E-state index in [9.17, 15) is 4.79 Å². The number of carbonyl (C=O) groups excluding carboxylic acids is 1. The molecule has 1 amide bonds. The first kappa shape index (κ1) is 17.2. The number of hydrogen-bond donors (Lipinski definition) is 2. The highest BCUT2D eigenvalue weighted by atomic mass is 16.3. The molecule has 2 aromatic rings. The highest BCUT2D eigenvalue weighted by Crippen LogP contribution is 2.26. The van der Waals surface area contributed by atoms with Crippen molar-refractivity contribution < 1.29 is 9.90 Å². The minimum atomic E-state index is -0.460. The van der Waals surface area contributed by atoms with Crippen molar-refractivity contribution in [1.29, 1.82) is 0 Å². The van der Waals surface area contributed by atoms with Crippen LogP contribution in [0.4, 0.5) is 11.8 Å². The van der Waals surface area contributed by atoms with E-state index in [1.807, 2.05) is 32.9 Å². The highest BCUT2D eigenvalue weighted by Gasteiger charge is 2.29. The van der Waals surface area contributed by atoms with E-state index in [2.05, 4.69) is 25.3 Å². The lowest BCUT2D eigenvalue weighted by Gasteiger charge is -2.15. The molecule has 0 saturated carbocycles. The molecule has 0 bridgehead atoms. The van der Waals surface area contributed by atoms with Crippen molar-refractivity contribution >= 4 is 17.7 Å². The fourth-order valence-corrected chi connectivity index (χ4v) is 3.03. The zero-order valence-corrected chi connectivity index (χ0v) is 14.7. The van der Waals surface area contributed by atoms with Crippen molar-refractivity contribution in [2.45, 2.75) is 33.1 Å². The van der Waals surface area contributed by atoms with Crippen LogP contribution in [0, 0.1) is 20.8 Å². The Morgan fingerprint density at radius 1 is 1.16 bits per heavy atom. The van der Waals surface area contributed by atoms with Crippen LogP contribution in [0.5, 0.6) is 0 Å². The Kier molecular flexibility index (Phi) is 4.89. The van der Waals surface area contributed by atoms with E-state index < -0.39 is 6.61 Å². The van der Waals surface area contributed by atoms with Crippen LogP contribution in [0.25, 0.3) is 0 Å². The number of nitrogens with zero attached hydrogens (tertiary/aromatic N) is 5. The predicted octanol–water partition coefficient (Wildman–Crippen LogP) is 1.24. The Bertz CT molecular complexity index is 774. The Hall–Kier alpha value is -2.61. The summed E-state index contributed by atoms with van der Waals surface area (Å²) >= 11 is 0. The van der Waals surface area contributed by atoms with E-state index in [1.54, 1.807) is 4.90 Å². The second-order valence-corrected chi connectivity index (χ2v) is 6.34. The van der Waals surface area contributed by atoms with Gasteiger partial charge in [0.25, 0.3) is 0 Å². The molecule has 2 N–H and O–H groups in total. The third-order valence-corrected chi connectivity index (χ3v) is 4.14. The second-order valence-electron chi connectivity index (χ2n) is 6.34. The molecule has 0 unspecified atom stereocenters. The van der Waals surface area contributed by atoms with E-state index >= 15 is 0 Å². The summed E-state index contributed by atoms with van der Waals surface area (Å²) in [4.78, 5) is 31.1. The molecule has 0 spiro atoms. The number of nitrogens with one attached hydrogen (secondary N) is 1. The standard InChI is InChI=1S/C17H22N6O2/c1-10-6-11(2)20-17(19-10)22-14-7-12(3)18-16(21-14)13-4-5-23(8-13)15(25)9-24/h6-7,13,24H,4-5,8-9H2,1-3H3,(H,18,19,20,21,22)/t13-/m1/s1. The molecule has 0 aromatic carbocycles. The number of likely N-dealkylation sites (tertiary alicyclic amines) is 1. The molecule has 1 atom stereocenters. The van der Waals surface area contributed by atoms with Crippen LogP contribution >= 0.6 is 0 Å². The molecule has 2 aromatic heterocycles. The molecule has 1 aliphatic heterocycles. The molecular formula is C17H22N6O2. The van der Waals surface area contributed by atoms with Gasteiger partial charge in [-0.25, -0.2) is 19.9 Å². The quantitative estimate of drug-likeness (QED) is 0.861. The van der Waals surface area contributed by atoms with Crippen LogP contribution < -0.4 is 5.32 Å². The van der Waals surface area contributed by atoms with E-state index in [0.717, 1.165) is 23.5 Å². The molecule has 1 fully saturated rings. The van der Waals surface area contributed by atoms with Crippen molar-refractivity contribution in [1.82, 2.24) is 24.8 Å². The molecule has 1 aliphatic rings. The number of aliphatic hydroxyl groups is 1. The fraction of sp³-hybridized carbons (Fsp3) is 0.471. The summed E-state index contributed by atoms with van der Waals surface area (Å²) < 4.78 is 0. The highest BCUT2D eigenvalue weighted by molar-refractivity contribution is 5.77. The lowest BCUT2D eigenvalue weighted by atomic mass is 10.1. The van der Waals surface area contributed by atoms with E-state index in [4.69, 9.17) is 5.11 Å². The third kappa shape index (κ3) is 4.08. The minimum absolute atomic E-state index is 0.0658. The third-order valence-electron chi connectivity index (χ3n) is 4.14. The molecule has 8 nitrogen and oxygen atoms in total. The normalized spacial score (nSPS) is 17.0. The molecule has 1 saturated heterocycles. The topological polar surface area (TPSA) is 104 Å². The van der Waals surface area contributed by atoms with E-state index in [-0.39, 0.29) is 11.8 Å². The number of hydrogen-bond acceptors (Lipinski definition) is 7. The number of carbonyl (C=O) groups is 1. The van der Waals surface area contributed by atoms with Gasteiger partial charge in [0.2, 0.25) is 11.9 Å². The largest absolute Gasteiger partial charge is 0.387 e. The molecule has 132 valence electrons. The number of aryl methyl sites for hydroxylation is 3. The van der Waals surface area contributed by atoms with Crippen molar-refractivity contribution in [3.63, 3.8) is 0 Å². The van der Waals surface area contributed by atoms with Gasteiger partial charge < -0.3 is 15.3 Å². The van der Waals surface area contributed by atoms with Gasteiger partial charge in [0.1, 0.15) is 18.2 Å². The summed E-state index contributed by atoms with van der Waals surface area (Å²) in [6.07, 6.45) is 0.786. The Morgan fingerprint density at radius 3 is 2.52 bits per heavy atom. The summed E-state index contributed by atoms with van der Waals surface area (Å²) in [6, 6.07) is 3.75. The molecule has 25 heavy (non-hydrogen) atoms. The van der Waals surface area contributed by atoms with Crippen molar-refractivity contribution in [3.8, 4) is 0 Å². The molecule has 8 heteroatoms. The first-order valence-electron chi connectivity index (χ1n) is 8.28. The zero-order valence-electron chi connectivity index (χ0n) is 14.7. The number of amides is 1. The van der Waals surface area contributed by atoms with E-state index in [0.29, 0.717) is 30.7 Å². The smallest absolute Gasteiger partial charge is 0.248 e. The average molecular weight is 342 g/mol. The lowest BCUT2D eigenvalue weighted by Crippen LogP contribution is -2.30. The summed E-state index contributed by atoms with van der Waals surface area (Å²) in [5, 5.41) is 12.1. The van der Waals surface area contributed by atoms with Gasteiger partial charge in [0.15, 0.2) is 0 Å². The predicted molar refractivity (Wildman–Crippen MR) is 92.6 cm³/mol. The summed E-state index contributed by atoms with van der Waals surface area (Å²) in [5.74, 6) is 1.65. The molecule has 0 radical (unpaired) electrons. The van der Waals surface area contributed by atoms with Crippen LogP contribution in [-0.2, 0) is 4.79 Å². The zero-order chi connectivity index (χ0) is 18.0. The monoisotopic (exact) mass is 342 g/mol. The first-order valence-corrected chi connectivity index (χ1v) is 8.28. The maximum atomic E-state index is 11.6. The summed E-state index contributed by atoms with van der Waals surface area (Å²) in [5.41, 5.74) is 2.61. The van der Waals surface area contributed by atoms with Crippen LogP contribution in [0.2, 0.25) is 0 Å². The maximum Gasteiger partial charge on any atom is 0.248 e. The Labute approximate surface area is 146 Å². The van der Waals surface area contributed by atoms with Gasteiger partial charge in [-0.05, 0) is 33.3 Å². The molecule has 0 aliphatic carbocycles. The summed E-state index contributed by atoms with van der Waals surface area (Å²) in [7, 11) is 0. The maximum absolute atomic E-state index is 11.6. The molecule has 3 rings (SSSR count). The number of aromatic nitrogens is 4. The number of aliphatic hydroxyl groups excluding tert-OH is 1. The SMILES string of the molecule is Cc1cc(C)nc(Nc2cc(C)nc([C@@H]3CCN(C(=O)CO)C3)n2)n1. The van der Waals surface area contributed by atoms with Crippen molar-refractivity contribution in [2.24, 2.45) is 0 Å². The lowest BCUT2D eigenvalue weighted by molar-refractivity contribution is -0.133. The average Bonchev–Trinajstić information content (AvgIpc) is 3.02. The van der Waals surface area contributed by atoms with Crippen molar-refractivity contribution in [2.75, 3.05) is 25.0 Å².